The maximum Gasteiger partial charge on any atom is 0.339 e. The van der Waals surface area contributed by atoms with Gasteiger partial charge in [0.1, 0.15) is 5.69 Å². The molecule has 0 N–H and O–H groups in total. The monoisotopic (exact) mass is 477 g/mol. The SMILES string of the molecule is COC(=O)c1ccc(C(=O)N2CCCN2C(=O)CSCCS(=O)(=O)c2ccccc2)nc1. The van der Waals surface area contributed by atoms with Crippen LogP contribution in [0, 0.1) is 0 Å². The molecule has 1 aliphatic heterocycles. The summed E-state index contributed by atoms with van der Waals surface area (Å²) in [6.45, 7) is 0.770. The van der Waals surface area contributed by atoms with Gasteiger partial charge in [0.05, 0.1) is 29.1 Å². The van der Waals surface area contributed by atoms with Gasteiger partial charge >= 0.3 is 5.97 Å². The Bertz CT molecular complexity index is 1070. The van der Waals surface area contributed by atoms with Crippen LogP contribution < -0.4 is 0 Å². The van der Waals surface area contributed by atoms with Crippen molar-refractivity contribution in [2.24, 2.45) is 0 Å². The standard InChI is InChI=1S/C21H23N3O6S2/c1-30-21(27)16-8-9-18(22-14-16)20(26)24-11-5-10-23(24)19(25)15-31-12-13-32(28,29)17-6-3-2-4-7-17/h2-4,6-9,14H,5,10-13,15H2,1H3. The second-order valence-corrected chi connectivity index (χ2v) is 10.1. The van der Waals surface area contributed by atoms with Crippen LogP contribution in [-0.4, -0.2) is 78.7 Å². The van der Waals surface area contributed by atoms with E-state index in [0.29, 0.717) is 19.5 Å². The minimum Gasteiger partial charge on any atom is -0.465 e. The molecule has 170 valence electrons. The van der Waals surface area contributed by atoms with Crippen LogP contribution in [0.4, 0.5) is 0 Å². The van der Waals surface area contributed by atoms with Crippen molar-refractivity contribution in [2.45, 2.75) is 11.3 Å². The van der Waals surface area contributed by atoms with Gasteiger partial charge in [-0.15, -0.1) is 0 Å². The molecule has 11 heteroatoms. The summed E-state index contributed by atoms with van der Waals surface area (Å²) in [5.41, 5.74) is 0.333. The highest BCUT2D eigenvalue weighted by Gasteiger charge is 2.31. The van der Waals surface area contributed by atoms with Gasteiger partial charge in [-0.2, -0.15) is 11.8 Å². The summed E-state index contributed by atoms with van der Waals surface area (Å²) in [7, 11) is -2.15. The van der Waals surface area contributed by atoms with Crippen molar-refractivity contribution in [3.8, 4) is 0 Å². The normalized spacial score (nSPS) is 13.8. The lowest BCUT2D eigenvalue weighted by atomic mass is 10.2. The zero-order chi connectivity index (χ0) is 23.1. The number of esters is 1. The van der Waals surface area contributed by atoms with Crippen molar-refractivity contribution in [3.63, 3.8) is 0 Å². The zero-order valence-corrected chi connectivity index (χ0v) is 19.1. The molecule has 2 amide bonds. The number of thioether (sulfide) groups is 1. The van der Waals surface area contributed by atoms with Crippen molar-refractivity contribution in [2.75, 3.05) is 37.5 Å². The minimum atomic E-state index is -3.40. The van der Waals surface area contributed by atoms with E-state index in [1.165, 1.54) is 47.2 Å². The highest BCUT2D eigenvalue weighted by atomic mass is 32.2. The first-order valence-corrected chi connectivity index (χ1v) is 12.7. The third kappa shape index (κ3) is 5.65. The number of sulfone groups is 1. The van der Waals surface area contributed by atoms with Crippen molar-refractivity contribution in [1.29, 1.82) is 0 Å². The number of carbonyl (C=O) groups is 3. The van der Waals surface area contributed by atoms with E-state index in [9.17, 15) is 22.8 Å². The summed E-state index contributed by atoms with van der Waals surface area (Å²) in [6, 6.07) is 11.0. The van der Waals surface area contributed by atoms with Gasteiger partial charge in [0, 0.05) is 25.0 Å². The van der Waals surface area contributed by atoms with Crippen LogP contribution in [0.1, 0.15) is 27.3 Å². The van der Waals surface area contributed by atoms with E-state index in [0.717, 1.165) is 0 Å². The fourth-order valence-electron chi connectivity index (χ4n) is 3.12. The van der Waals surface area contributed by atoms with Crippen LogP contribution in [0.5, 0.6) is 0 Å². The number of pyridine rings is 1. The molecule has 0 atom stereocenters. The van der Waals surface area contributed by atoms with Gasteiger partial charge in [-0.1, -0.05) is 18.2 Å². The van der Waals surface area contributed by atoms with Gasteiger partial charge in [-0.05, 0) is 30.7 Å². The van der Waals surface area contributed by atoms with Gasteiger partial charge in [0.25, 0.3) is 11.8 Å². The lowest BCUT2D eigenvalue weighted by Gasteiger charge is -2.27. The van der Waals surface area contributed by atoms with Crippen LogP contribution >= 0.6 is 11.8 Å². The molecule has 1 aliphatic rings. The number of hydrogen-bond acceptors (Lipinski definition) is 8. The Morgan fingerprint density at radius 2 is 1.78 bits per heavy atom. The fourth-order valence-corrected chi connectivity index (χ4v) is 5.75. The van der Waals surface area contributed by atoms with E-state index in [-0.39, 0.29) is 39.3 Å². The number of rotatable bonds is 8. The Hall–Kier alpha value is -2.92. The van der Waals surface area contributed by atoms with Crippen LogP contribution in [-0.2, 0) is 19.4 Å². The Labute approximate surface area is 190 Å². The number of hydrogen-bond donors (Lipinski definition) is 0. The molecular formula is C21H23N3O6S2. The predicted octanol–water partition coefficient (Wildman–Crippen LogP) is 1.66. The molecule has 0 bridgehead atoms. The van der Waals surface area contributed by atoms with E-state index in [2.05, 4.69) is 9.72 Å². The Balaban J connectivity index is 1.54. The molecule has 0 saturated carbocycles. The van der Waals surface area contributed by atoms with Crippen molar-refractivity contribution in [3.05, 3.63) is 59.9 Å². The number of aromatic nitrogens is 1. The first-order chi connectivity index (χ1) is 15.3. The molecule has 1 fully saturated rings. The van der Waals surface area contributed by atoms with Crippen LogP contribution in [0.15, 0.2) is 53.6 Å². The highest BCUT2D eigenvalue weighted by molar-refractivity contribution is 8.01. The largest absolute Gasteiger partial charge is 0.465 e. The van der Waals surface area contributed by atoms with E-state index < -0.39 is 21.7 Å². The highest BCUT2D eigenvalue weighted by Crippen LogP contribution is 2.18. The van der Waals surface area contributed by atoms with Crippen molar-refractivity contribution in [1.82, 2.24) is 15.0 Å². The van der Waals surface area contributed by atoms with Gasteiger partial charge < -0.3 is 4.74 Å². The number of hydrazine groups is 1. The number of benzene rings is 1. The quantitative estimate of drug-likeness (QED) is 0.417. The van der Waals surface area contributed by atoms with Crippen molar-refractivity contribution >= 4 is 39.4 Å². The molecule has 2 aromatic rings. The van der Waals surface area contributed by atoms with E-state index in [1.807, 2.05) is 0 Å². The topological polar surface area (TPSA) is 114 Å². The summed E-state index contributed by atoms with van der Waals surface area (Å²) in [5, 5.41) is 2.71. The maximum absolute atomic E-state index is 12.8. The number of amides is 2. The van der Waals surface area contributed by atoms with Gasteiger partial charge in [-0.25, -0.2) is 18.2 Å². The van der Waals surface area contributed by atoms with Gasteiger partial charge in [0.2, 0.25) is 0 Å². The molecule has 1 aromatic carbocycles. The summed E-state index contributed by atoms with van der Waals surface area (Å²) in [5.74, 6) is -1.02. The summed E-state index contributed by atoms with van der Waals surface area (Å²) < 4.78 is 29.2. The Morgan fingerprint density at radius 1 is 1.06 bits per heavy atom. The number of carbonyl (C=O) groups excluding carboxylic acids is 3. The molecule has 3 rings (SSSR count). The van der Waals surface area contributed by atoms with Gasteiger partial charge in [0.15, 0.2) is 9.84 Å². The average Bonchev–Trinajstić information content (AvgIpc) is 3.31. The summed E-state index contributed by atoms with van der Waals surface area (Å²) >= 11 is 1.21. The third-order valence-corrected chi connectivity index (χ3v) is 7.72. The van der Waals surface area contributed by atoms with Crippen LogP contribution in [0.25, 0.3) is 0 Å². The molecule has 0 radical (unpaired) electrons. The molecule has 2 heterocycles. The lowest BCUT2D eigenvalue weighted by Crippen LogP contribution is -2.45. The van der Waals surface area contributed by atoms with Crippen molar-refractivity contribution < 1.29 is 27.5 Å². The average molecular weight is 478 g/mol. The zero-order valence-electron chi connectivity index (χ0n) is 17.5. The first kappa shape index (κ1) is 23.7. The molecular weight excluding hydrogens is 454 g/mol. The molecule has 32 heavy (non-hydrogen) atoms. The molecule has 0 unspecified atom stereocenters. The maximum atomic E-state index is 12.8. The van der Waals surface area contributed by atoms with E-state index in [4.69, 9.17) is 0 Å². The second-order valence-electron chi connectivity index (χ2n) is 6.91. The summed E-state index contributed by atoms with van der Waals surface area (Å²) in [6.07, 6.45) is 1.88. The van der Waals surface area contributed by atoms with E-state index >= 15 is 0 Å². The Kier molecular flexibility index (Phi) is 7.86. The third-order valence-electron chi connectivity index (χ3n) is 4.78. The molecule has 1 aromatic heterocycles. The number of nitrogens with zero attached hydrogens (tertiary/aromatic N) is 3. The number of methoxy groups -OCH3 is 1. The molecule has 9 nitrogen and oxygen atoms in total. The molecule has 0 spiro atoms. The fraction of sp³-hybridized carbons (Fsp3) is 0.333. The molecule has 1 saturated heterocycles. The van der Waals surface area contributed by atoms with Gasteiger partial charge in [-0.3, -0.25) is 19.6 Å². The minimum absolute atomic E-state index is 0.0583. The smallest absolute Gasteiger partial charge is 0.339 e. The Morgan fingerprint density at radius 3 is 2.44 bits per heavy atom. The summed E-state index contributed by atoms with van der Waals surface area (Å²) in [4.78, 5) is 41.2. The predicted molar refractivity (Wildman–Crippen MR) is 119 cm³/mol. The second kappa shape index (κ2) is 10.6. The van der Waals surface area contributed by atoms with E-state index in [1.54, 1.807) is 30.3 Å². The number of ether oxygens (including phenoxy) is 1. The first-order valence-electron chi connectivity index (χ1n) is 9.85. The van der Waals surface area contributed by atoms with Crippen LogP contribution in [0.3, 0.4) is 0 Å². The lowest BCUT2D eigenvalue weighted by molar-refractivity contribution is -0.137. The van der Waals surface area contributed by atoms with Crippen LogP contribution in [0.2, 0.25) is 0 Å². The molecule has 0 aliphatic carbocycles.